The van der Waals surface area contributed by atoms with E-state index >= 15 is 0 Å². The van der Waals surface area contributed by atoms with E-state index in [2.05, 4.69) is 21.2 Å². The van der Waals surface area contributed by atoms with Crippen LogP contribution in [0.5, 0.6) is 5.75 Å². The number of nitrogens with one attached hydrogen (secondary N) is 1. The standard InChI is InChI=1S/C17H18BrCl2NO2/c1-11(22)8-21-9-13-7-14(18)3-5-17(13)23-10-12-2-4-15(19)16(20)6-12/h2-7,11,21-22H,8-10H2,1H3/t11-/m1/s1. The van der Waals surface area contributed by atoms with Crippen LogP contribution < -0.4 is 10.1 Å². The first-order valence-electron chi connectivity index (χ1n) is 7.19. The first kappa shape index (κ1) is 18.6. The number of aliphatic hydroxyl groups excluding tert-OH is 1. The van der Waals surface area contributed by atoms with Gasteiger partial charge in [-0.2, -0.15) is 0 Å². The molecule has 0 unspecified atom stereocenters. The molecule has 0 spiro atoms. The zero-order chi connectivity index (χ0) is 16.8. The average Bonchev–Trinajstić information content (AvgIpc) is 2.49. The molecule has 2 aromatic carbocycles. The van der Waals surface area contributed by atoms with Crippen molar-refractivity contribution in [3.05, 3.63) is 62.0 Å². The highest BCUT2D eigenvalue weighted by molar-refractivity contribution is 9.10. The highest BCUT2D eigenvalue weighted by Crippen LogP contribution is 2.26. The van der Waals surface area contributed by atoms with E-state index in [1.807, 2.05) is 24.3 Å². The van der Waals surface area contributed by atoms with Gasteiger partial charge in [0.15, 0.2) is 0 Å². The molecule has 0 aliphatic carbocycles. The number of ether oxygens (including phenoxy) is 1. The van der Waals surface area contributed by atoms with Crippen LogP contribution in [0.1, 0.15) is 18.1 Å². The van der Waals surface area contributed by atoms with Crippen LogP contribution in [0.4, 0.5) is 0 Å². The Morgan fingerprint density at radius 1 is 1.17 bits per heavy atom. The first-order chi connectivity index (χ1) is 11.0. The van der Waals surface area contributed by atoms with Gasteiger partial charge in [-0.05, 0) is 42.8 Å². The predicted octanol–water partition coefficient (Wildman–Crippen LogP) is 4.81. The van der Waals surface area contributed by atoms with Gasteiger partial charge in [0.2, 0.25) is 0 Å². The quantitative estimate of drug-likeness (QED) is 0.678. The second-order valence-electron chi connectivity index (χ2n) is 5.27. The third kappa shape index (κ3) is 5.98. The summed E-state index contributed by atoms with van der Waals surface area (Å²) in [7, 11) is 0. The molecule has 23 heavy (non-hydrogen) atoms. The van der Waals surface area contributed by atoms with Gasteiger partial charge in [0.25, 0.3) is 0 Å². The molecule has 1 atom stereocenters. The summed E-state index contributed by atoms with van der Waals surface area (Å²) in [6.07, 6.45) is -0.386. The van der Waals surface area contributed by atoms with Crippen molar-refractivity contribution in [1.82, 2.24) is 5.32 Å². The van der Waals surface area contributed by atoms with Crippen molar-refractivity contribution in [2.24, 2.45) is 0 Å². The van der Waals surface area contributed by atoms with Crippen LogP contribution >= 0.6 is 39.1 Å². The van der Waals surface area contributed by atoms with Crippen molar-refractivity contribution in [2.75, 3.05) is 6.54 Å². The monoisotopic (exact) mass is 417 g/mol. The molecule has 2 N–H and O–H groups in total. The Kier molecular flexibility index (Phi) is 7.18. The van der Waals surface area contributed by atoms with E-state index in [0.717, 1.165) is 21.3 Å². The number of hydrogen-bond donors (Lipinski definition) is 2. The molecule has 2 aromatic rings. The third-order valence-electron chi connectivity index (χ3n) is 3.16. The molecule has 0 aromatic heterocycles. The molecule has 2 rings (SSSR count). The van der Waals surface area contributed by atoms with Crippen molar-refractivity contribution in [1.29, 1.82) is 0 Å². The van der Waals surface area contributed by atoms with Crippen LogP contribution in [0, 0.1) is 0 Å². The Labute approximate surface area is 154 Å². The summed E-state index contributed by atoms with van der Waals surface area (Å²) >= 11 is 15.4. The fraction of sp³-hybridized carbons (Fsp3) is 0.294. The van der Waals surface area contributed by atoms with E-state index < -0.39 is 0 Å². The van der Waals surface area contributed by atoms with Crippen molar-refractivity contribution >= 4 is 39.1 Å². The largest absolute Gasteiger partial charge is 0.489 e. The summed E-state index contributed by atoms with van der Waals surface area (Å²) in [4.78, 5) is 0. The summed E-state index contributed by atoms with van der Waals surface area (Å²) in [5.41, 5.74) is 1.96. The molecule has 0 heterocycles. The number of aliphatic hydroxyl groups is 1. The topological polar surface area (TPSA) is 41.5 Å². The van der Waals surface area contributed by atoms with Gasteiger partial charge < -0.3 is 15.2 Å². The van der Waals surface area contributed by atoms with Gasteiger partial charge in [-0.1, -0.05) is 45.2 Å². The lowest BCUT2D eigenvalue weighted by molar-refractivity contribution is 0.190. The fourth-order valence-electron chi connectivity index (χ4n) is 2.03. The van der Waals surface area contributed by atoms with Gasteiger partial charge in [0.05, 0.1) is 16.1 Å². The molecule has 0 fully saturated rings. The molecule has 0 saturated carbocycles. The molecule has 0 saturated heterocycles. The smallest absolute Gasteiger partial charge is 0.124 e. The third-order valence-corrected chi connectivity index (χ3v) is 4.39. The first-order valence-corrected chi connectivity index (χ1v) is 8.74. The van der Waals surface area contributed by atoms with Crippen LogP contribution in [-0.4, -0.2) is 17.8 Å². The predicted molar refractivity (Wildman–Crippen MR) is 98.3 cm³/mol. The maximum atomic E-state index is 9.33. The van der Waals surface area contributed by atoms with Crippen molar-refractivity contribution < 1.29 is 9.84 Å². The summed E-state index contributed by atoms with van der Waals surface area (Å²) in [6.45, 7) is 3.29. The second-order valence-corrected chi connectivity index (χ2v) is 7.00. The molecular formula is C17H18BrCl2NO2. The Hall–Kier alpha value is -0.780. The summed E-state index contributed by atoms with van der Waals surface area (Å²) in [6, 6.07) is 11.3. The highest BCUT2D eigenvalue weighted by Gasteiger charge is 2.07. The van der Waals surface area contributed by atoms with Crippen LogP contribution in [0.15, 0.2) is 40.9 Å². The fourth-order valence-corrected chi connectivity index (χ4v) is 2.76. The van der Waals surface area contributed by atoms with Gasteiger partial charge in [-0.15, -0.1) is 0 Å². The van der Waals surface area contributed by atoms with E-state index in [0.29, 0.717) is 29.7 Å². The van der Waals surface area contributed by atoms with Crippen LogP contribution in [0.3, 0.4) is 0 Å². The minimum Gasteiger partial charge on any atom is -0.489 e. The van der Waals surface area contributed by atoms with Gasteiger partial charge in [0.1, 0.15) is 12.4 Å². The van der Waals surface area contributed by atoms with Crippen LogP contribution in [0.2, 0.25) is 10.0 Å². The van der Waals surface area contributed by atoms with Crippen LogP contribution in [-0.2, 0) is 13.2 Å². The molecule has 0 aliphatic rings. The maximum Gasteiger partial charge on any atom is 0.124 e. The Morgan fingerprint density at radius 3 is 2.65 bits per heavy atom. The number of benzene rings is 2. The Balaban J connectivity index is 2.04. The van der Waals surface area contributed by atoms with E-state index in [1.54, 1.807) is 19.1 Å². The lowest BCUT2D eigenvalue weighted by Gasteiger charge is -2.14. The summed E-state index contributed by atoms with van der Waals surface area (Å²) < 4.78 is 6.89. The zero-order valence-corrected chi connectivity index (χ0v) is 15.7. The SMILES string of the molecule is C[C@@H](O)CNCc1cc(Br)ccc1OCc1ccc(Cl)c(Cl)c1. The van der Waals surface area contributed by atoms with E-state index in [4.69, 9.17) is 27.9 Å². The van der Waals surface area contributed by atoms with Crippen molar-refractivity contribution in [3.63, 3.8) is 0 Å². The molecule has 124 valence electrons. The van der Waals surface area contributed by atoms with E-state index in [9.17, 15) is 5.11 Å². The van der Waals surface area contributed by atoms with Gasteiger partial charge in [0, 0.05) is 23.1 Å². The molecule has 0 amide bonds. The zero-order valence-electron chi connectivity index (χ0n) is 12.7. The minimum absolute atomic E-state index is 0.386. The van der Waals surface area contributed by atoms with Crippen molar-refractivity contribution in [2.45, 2.75) is 26.2 Å². The Morgan fingerprint density at radius 2 is 1.96 bits per heavy atom. The second kappa shape index (κ2) is 8.90. The van der Waals surface area contributed by atoms with E-state index in [1.165, 1.54) is 0 Å². The number of halogens is 3. The maximum absolute atomic E-state index is 9.33. The Bertz CT molecular complexity index is 665. The minimum atomic E-state index is -0.386. The van der Waals surface area contributed by atoms with Crippen molar-refractivity contribution in [3.8, 4) is 5.75 Å². The number of hydrogen-bond acceptors (Lipinski definition) is 3. The lowest BCUT2D eigenvalue weighted by atomic mass is 10.2. The van der Waals surface area contributed by atoms with E-state index in [-0.39, 0.29) is 6.10 Å². The van der Waals surface area contributed by atoms with Gasteiger partial charge in [-0.25, -0.2) is 0 Å². The normalized spacial score (nSPS) is 12.2. The average molecular weight is 419 g/mol. The molecule has 6 heteroatoms. The summed E-state index contributed by atoms with van der Waals surface area (Å²) in [5.74, 6) is 0.789. The molecule has 3 nitrogen and oxygen atoms in total. The lowest BCUT2D eigenvalue weighted by Crippen LogP contribution is -2.24. The molecular weight excluding hydrogens is 401 g/mol. The molecule has 0 radical (unpaired) electrons. The molecule has 0 bridgehead atoms. The summed E-state index contributed by atoms with van der Waals surface area (Å²) in [5, 5.41) is 13.6. The molecule has 0 aliphatic heterocycles. The highest BCUT2D eigenvalue weighted by atomic mass is 79.9. The van der Waals surface area contributed by atoms with Gasteiger partial charge in [-0.3, -0.25) is 0 Å². The van der Waals surface area contributed by atoms with Crippen LogP contribution in [0.25, 0.3) is 0 Å². The van der Waals surface area contributed by atoms with Gasteiger partial charge >= 0.3 is 0 Å². The number of rotatable bonds is 7.